The number of nitrogens with one attached hydrogen (secondary N) is 1. The van der Waals surface area contributed by atoms with Crippen molar-refractivity contribution in [3.63, 3.8) is 0 Å². The number of carbonyl (C=O) groups excluding carboxylic acids is 1. The van der Waals surface area contributed by atoms with Gasteiger partial charge in [0, 0.05) is 10.2 Å². The Kier molecular flexibility index (Phi) is 5.24. The first kappa shape index (κ1) is 16.6. The third-order valence-corrected chi connectivity index (χ3v) is 4.70. The molecule has 1 amide bonds. The molecule has 2 aromatic carbocycles. The molecule has 3 nitrogen and oxygen atoms in total. The molecule has 0 aliphatic heterocycles. The third-order valence-electron chi connectivity index (χ3n) is 3.45. The molecule has 0 saturated carbocycles. The van der Waals surface area contributed by atoms with Crippen molar-refractivity contribution in [1.29, 1.82) is 0 Å². The first-order valence-electron chi connectivity index (χ1n) is 7.13. The van der Waals surface area contributed by atoms with Crippen LogP contribution in [-0.2, 0) is 4.79 Å². The Balaban J connectivity index is 2.00. The lowest BCUT2D eigenvalue weighted by molar-refractivity contribution is -0.118. The molecule has 0 atom stereocenters. The van der Waals surface area contributed by atoms with E-state index in [1.165, 1.54) is 0 Å². The van der Waals surface area contributed by atoms with Gasteiger partial charge in [-0.05, 0) is 68.1 Å². The van der Waals surface area contributed by atoms with Gasteiger partial charge < -0.3 is 10.1 Å². The second kappa shape index (κ2) is 6.97. The maximum absolute atomic E-state index is 12.0. The number of rotatable bonds is 4. The zero-order valence-corrected chi connectivity index (χ0v) is 14.9. The van der Waals surface area contributed by atoms with Gasteiger partial charge in [0.15, 0.2) is 6.61 Å². The number of halogens is 1. The number of aryl methyl sites for hydroxylation is 4. The van der Waals surface area contributed by atoms with Gasteiger partial charge in [0.25, 0.3) is 5.91 Å². The van der Waals surface area contributed by atoms with Crippen LogP contribution in [0, 0.1) is 27.7 Å². The van der Waals surface area contributed by atoms with E-state index in [0.29, 0.717) is 5.75 Å². The van der Waals surface area contributed by atoms with Crippen molar-refractivity contribution in [3.05, 3.63) is 57.1 Å². The summed E-state index contributed by atoms with van der Waals surface area (Å²) < 4.78 is 6.66. The van der Waals surface area contributed by atoms with Gasteiger partial charge in [-0.2, -0.15) is 0 Å². The lowest BCUT2D eigenvalue weighted by atomic mass is 10.1. The maximum Gasteiger partial charge on any atom is 0.262 e. The smallest absolute Gasteiger partial charge is 0.262 e. The fraction of sp³-hybridized carbons (Fsp3) is 0.278. The van der Waals surface area contributed by atoms with E-state index >= 15 is 0 Å². The van der Waals surface area contributed by atoms with Crippen LogP contribution in [0.1, 0.15) is 22.3 Å². The predicted octanol–water partition coefficient (Wildman–Crippen LogP) is 4.70. The fourth-order valence-corrected chi connectivity index (χ4v) is 2.42. The second-order valence-corrected chi connectivity index (χ2v) is 6.32. The maximum atomic E-state index is 12.0. The van der Waals surface area contributed by atoms with Crippen molar-refractivity contribution < 1.29 is 9.53 Å². The first-order chi connectivity index (χ1) is 10.4. The van der Waals surface area contributed by atoms with Crippen LogP contribution in [0.15, 0.2) is 34.8 Å². The summed E-state index contributed by atoms with van der Waals surface area (Å²) in [4.78, 5) is 12.0. The molecule has 0 aliphatic carbocycles. The summed E-state index contributed by atoms with van der Waals surface area (Å²) >= 11 is 3.52. The molecule has 2 aromatic rings. The molecular weight excluding hydrogens is 342 g/mol. The average molecular weight is 362 g/mol. The number of ether oxygens (including phenoxy) is 1. The van der Waals surface area contributed by atoms with Crippen molar-refractivity contribution in [2.45, 2.75) is 27.7 Å². The van der Waals surface area contributed by atoms with Gasteiger partial charge in [-0.1, -0.05) is 28.1 Å². The van der Waals surface area contributed by atoms with Gasteiger partial charge in [-0.3, -0.25) is 4.79 Å². The Bertz CT molecular complexity index is 687. The summed E-state index contributed by atoms with van der Waals surface area (Å²) in [6.07, 6.45) is 0. The zero-order valence-electron chi connectivity index (χ0n) is 13.3. The molecule has 0 aromatic heterocycles. The fourth-order valence-electron chi connectivity index (χ4n) is 2.20. The van der Waals surface area contributed by atoms with Crippen LogP contribution in [0.25, 0.3) is 0 Å². The van der Waals surface area contributed by atoms with Crippen LogP contribution >= 0.6 is 15.9 Å². The summed E-state index contributed by atoms with van der Waals surface area (Å²) in [5, 5.41) is 2.89. The molecule has 0 saturated heterocycles. The van der Waals surface area contributed by atoms with Gasteiger partial charge in [-0.15, -0.1) is 0 Å². The number of hydrogen-bond donors (Lipinski definition) is 1. The largest absolute Gasteiger partial charge is 0.484 e. The number of hydrogen-bond acceptors (Lipinski definition) is 2. The number of carbonyl (C=O) groups is 1. The third kappa shape index (κ3) is 4.10. The Morgan fingerprint density at radius 3 is 2.32 bits per heavy atom. The molecule has 0 spiro atoms. The Labute approximate surface area is 139 Å². The van der Waals surface area contributed by atoms with Crippen molar-refractivity contribution in [3.8, 4) is 5.75 Å². The van der Waals surface area contributed by atoms with E-state index in [2.05, 4.69) is 21.2 Å². The van der Waals surface area contributed by atoms with Crippen molar-refractivity contribution in [2.24, 2.45) is 0 Å². The van der Waals surface area contributed by atoms with Gasteiger partial charge in [-0.25, -0.2) is 0 Å². The molecule has 22 heavy (non-hydrogen) atoms. The van der Waals surface area contributed by atoms with Crippen LogP contribution in [0.2, 0.25) is 0 Å². The Hall–Kier alpha value is -1.81. The van der Waals surface area contributed by atoms with E-state index in [9.17, 15) is 4.79 Å². The molecule has 0 aliphatic rings. The molecular formula is C18H20BrNO2. The SMILES string of the molecule is Cc1ccc(C)c(NC(=O)COc2cc(C)c(Br)c(C)c2)c1. The summed E-state index contributed by atoms with van der Waals surface area (Å²) in [6.45, 7) is 7.96. The monoisotopic (exact) mass is 361 g/mol. The summed E-state index contributed by atoms with van der Waals surface area (Å²) in [5.41, 5.74) is 5.15. The minimum absolute atomic E-state index is 0.00606. The minimum atomic E-state index is -0.160. The molecule has 4 heteroatoms. The zero-order chi connectivity index (χ0) is 16.3. The quantitative estimate of drug-likeness (QED) is 0.856. The molecule has 0 radical (unpaired) electrons. The molecule has 1 N–H and O–H groups in total. The van der Waals surface area contributed by atoms with Gasteiger partial charge >= 0.3 is 0 Å². The highest BCUT2D eigenvalue weighted by Crippen LogP contribution is 2.26. The van der Waals surface area contributed by atoms with Gasteiger partial charge in [0.2, 0.25) is 0 Å². The highest BCUT2D eigenvalue weighted by Gasteiger charge is 2.08. The lowest BCUT2D eigenvalue weighted by Gasteiger charge is -2.12. The molecule has 116 valence electrons. The molecule has 0 bridgehead atoms. The van der Waals surface area contributed by atoms with Crippen molar-refractivity contribution in [1.82, 2.24) is 0 Å². The van der Waals surface area contributed by atoms with Crippen LogP contribution < -0.4 is 10.1 Å². The topological polar surface area (TPSA) is 38.3 Å². The van der Waals surface area contributed by atoms with E-state index < -0.39 is 0 Å². The van der Waals surface area contributed by atoms with E-state index in [4.69, 9.17) is 4.74 Å². The molecule has 0 heterocycles. The van der Waals surface area contributed by atoms with Crippen LogP contribution in [0.4, 0.5) is 5.69 Å². The highest BCUT2D eigenvalue weighted by molar-refractivity contribution is 9.10. The number of amides is 1. The van der Waals surface area contributed by atoms with Crippen LogP contribution in [-0.4, -0.2) is 12.5 Å². The number of anilines is 1. The van der Waals surface area contributed by atoms with Gasteiger partial charge in [0.1, 0.15) is 5.75 Å². The van der Waals surface area contributed by atoms with Crippen LogP contribution in [0.3, 0.4) is 0 Å². The summed E-state index contributed by atoms with van der Waals surface area (Å²) in [5.74, 6) is 0.543. The summed E-state index contributed by atoms with van der Waals surface area (Å²) in [6, 6.07) is 9.81. The van der Waals surface area contributed by atoms with Crippen LogP contribution in [0.5, 0.6) is 5.75 Å². The van der Waals surface area contributed by atoms with Crippen molar-refractivity contribution in [2.75, 3.05) is 11.9 Å². The normalized spacial score (nSPS) is 10.4. The molecule has 0 unspecified atom stereocenters. The van der Waals surface area contributed by atoms with E-state index in [0.717, 1.165) is 32.4 Å². The number of benzene rings is 2. The summed E-state index contributed by atoms with van der Waals surface area (Å²) in [7, 11) is 0. The first-order valence-corrected chi connectivity index (χ1v) is 7.93. The van der Waals surface area contributed by atoms with E-state index in [1.54, 1.807) is 0 Å². The Morgan fingerprint density at radius 1 is 1.05 bits per heavy atom. The minimum Gasteiger partial charge on any atom is -0.484 e. The Morgan fingerprint density at radius 2 is 1.68 bits per heavy atom. The lowest BCUT2D eigenvalue weighted by Crippen LogP contribution is -2.20. The second-order valence-electron chi connectivity index (χ2n) is 5.53. The van der Waals surface area contributed by atoms with Crippen molar-refractivity contribution >= 4 is 27.5 Å². The van der Waals surface area contributed by atoms with E-state index in [1.807, 2.05) is 58.0 Å². The highest BCUT2D eigenvalue weighted by atomic mass is 79.9. The average Bonchev–Trinajstić information content (AvgIpc) is 2.46. The standard InChI is InChI=1S/C18H20BrNO2/c1-11-5-6-12(2)16(7-11)20-17(21)10-22-15-8-13(3)18(19)14(4)9-15/h5-9H,10H2,1-4H3,(H,20,21). The predicted molar refractivity (Wildman–Crippen MR) is 93.7 cm³/mol. The molecule has 0 fully saturated rings. The molecule has 2 rings (SSSR count). The van der Waals surface area contributed by atoms with Gasteiger partial charge in [0.05, 0.1) is 0 Å². The van der Waals surface area contributed by atoms with E-state index in [-0.39, 0.29) is 12.5 Å².